The summed E-state index contributed by atoms with van der Waals surface area (Å²) in [5, 5.41) is 11.2. The molecule has 0 radical (unpaired) electrons. The summed E-state index contributed by atoms with van der Waals surface area (Å²) >= 11 is 0. The third kappa shape index (κ3) is 2.43. The number of benzene rings is 1. The number of hydrogen-bond donors (Lipinski definition) is 2. The molecular formula is C15H20N4. The molecule has 4 nitrogen and oxygen atoms in total. The van der Waals surface area contributed by atoms with E-state index in [0.29, 0.717) is 6.04 Å². The van der Waals surface area contributed by atoms with E-state index in [1.807, 2.05) is 10.9 Å². The highest BCUT2D eigenvalue weighted by Gasteiger charge is 2.13. The molecule has 0 saturated carbocycles. The smallest absolute Gasteiger partial charge is 0.0729 e. The monoisotopic (exact) mass is 256 g/mol. The highest BCUT2D eigenvalue weighted by Crippen LogP contribution is 2.27. The van der Waals surface area contributed by atoms with Crippen LogP contribution in [0.2, 0.25) is 0 Å². The maximum Gasteiger partial charge on any atom is 0.0729 e. The van der Waals surface area contributed by atoms with Gasteiger partial charge in [-0.05, 0) is 31.4 Å². The van der Waals surface area contributed by atoms with Crippen LogP contribution >= 0.6 is 0 Å². The van der Waals surface area contributed by atoms with Crippen molar-refractivity contribution in [3.05, 3.63) is 41.7 Å². The van der Waals surface area contributed by atoms with Gasteiger partial charge in [-0.15, -0.1) is 0 Å². The van der Waals surface area contributed by atoms with E-state index >= 15 is 0 Å². The molecule has 100 valence electrons. The summed E-state index contributed by atoms with van der Waals surface area (Å²) in [6.45, 7) is 6.15. The minimum absolute atomic E-state index is 0.401. The molecule has 2 aromatic rings. The van der Waals surface area contributed by atoms with Gasteiger partial charge < -0.3 is 10.6 Å². The Morgan fingerprint density at radius 1 is 1.42 bits per heavy atom. The molecule has 0 fully saturated rings. The van der Waals surface area contributed by atoms with E-state index in [0.717, 1.165) is 25.2 Å². The Kier molecular flexibility index (Phi) is 3.15. The summed E-state index contributed by atoms with van der Waals surface area (Å²) in [6, 6.07) is 6.92. The van der Waals surface area contributed by atoms with Crippen LogP contribution in [0.1, 0.15) is 31.0 Å². The molecular weight excluding hydrogens is 236 g/mol. The fourth-order valence-corrected chi connectivity index (χ4v) is 2.47. The Morgan fingerprint density at radius 2 is 2.32 bits per heavy atom. The van der Waals surface area contributed by atoms with Crippen molar-refractivity contribution in [3.63, 3.8) is 0 Å². The molecule has 2 heterocycles. The van der Waals surface area contributed by atoms with E-state index < -0.39 is 0 Å². The highest BCUT2D eigenvalue weighted by molar-refractivity contribution is 5.62. The number of nitrogens with one attached hydrogen (secondary N) is 2. The molecule has 1 aliphatic heterocycles. The normalized spacial score (nSPS) is 13.4. The van der Waals surface area contributed by atoms with Gasteiger partial charge in [0, 0.05) is 31.0 Å². The number of hydrogen-bond acceptors (Lipinski definition) is 3. The molecule has 19 heavy (non-hydrogen) atoms. The number of fused-ring (bicyclic) bond motifs is 1. The van der Waals surface area contributed by atoms with Gasteiger partial charge in [-0.3, -0.25) is 4.68 Å². The lowest BCUT2D eigenvalue weighted by Crippen LogP contribution is -2.03. The van der Waals surface area contributed by atoms with Gasteiger partial charge in [0.1, 0.15) is 0 Å². The van der Waals surface area contributed by atoms with Crippen LogP contribution in [0.3, 0.4) is 0 Å². The van der Waals surface area contributed by atoms with Crippen LogP contribution < -0.4 is 10.6 Å². The average molecular weight is 256 g/mol. The zero-order valence-corrected chi connectivity index (χ0v) is 11.5. The second-order valence-electron chi connectivity index (χ2n) is 5.28. The van der Waals surface area contributed by atoms with Gasteiger partial charge in [-0.1, -0.05) is 18.2 Å². The summed E-state index contributed by atoms with van der Waals surface area (Å²) in [5.41, 5.74) is 5.14. The van der Waals surface area contributed by atoms with Gasteiger partial charge in [0.25, 0.3) is 0 Å². The summed E-state index contributed by atoms with van der Waals surface area (Å²) in [5.74, 6) is 0. The van der Waals surface area contributed by atoms with Crippen molar-refractivity contribution < 1.29 is 0 Å². The Hall–Kier alpha value is -1.97. The van der Waals surface area contributed by atoms with Gasteiger partial charge >= 0.3 is 0 Å². The fourth-order valence-electron chi connectivity index (χ4n) is 2.47. The van der Waals surface area contributed by atoms with Crippen LogP contribution in [-0.2, 0) is 13.0 Å². The molecule has 3 rings (SSSR count). The van der Waals surface area contributed by atoms with E-state index in [2.05, 4.69) is 54.0 Å². The number of anilines is 2. The third-order valence-corrected chi connectivity index (χ3v) is 3.55. The molecule has 0 bridgehead atoms. The Labute approximate surface area is 113 Å². The van der Waals surface area contributed by atoms with Gasteiger partial charge in [0.15, 0.2) is 0 Å². The van der Waals surface area contributed by atoms with Crippen LogP contribution in [0.4, 0.5) is 11.4 Å². The van der Waals surface area contributed by atoms with Crippen LogP contribution in [0.5, 0.6) is 0 Å². The summed E-state index contributed by atoms with van der Waals surface area (Å²) in [6.07, 6.45) is 5.08. The van der Waals surface area contributed by atoms with Gasteiger partial charge in [-0.2, -0.15) is 5.10 Å². The molecule has 1 aromatic heterocycles. The first-order valence-electron chi connectivity index (χ1n) is 6.86. The molecule has 0 atom stereocenters. The first kappa shape index (κ1) is 12.1. The van der Waals surface area contributed by atoms with Crippen molar-refractivity contribution in [2.75, 3.05) is 17.2 Å². The average Bonchev–Trinajstić information content (AvgIpc) is 3.05. The molecule has 1 aromatic carbocycles. The van der Waals surface area contributed by atoms with Crippen molar-refractivity contribution >= 4 is 11.4 Å². The predicted octanol–water partition coefficient (Wildman–Crippen LogP) is 3.04. The Bertz CT molecular complexity index is 571. The number of rotatable bonds is 4. The van der Waals surface area contributed by atoms with Crippen molar-refractivity contribution in [2.45, 2.75) is 32.9 Å². The van der Waals surface area contributed by atoms with Gasteiger partial charge in [0.2, 0.25) is 0 Å². The van der Waals surface area contributed by atoms with Crippen LogP contribution in [0.15, 0.2) is 30.6 Å². The lowest BCUT2D eigenvalue weighted by molar-refractivity contribution is 0.532. The standard InChI is InChI=1S/C15H20N4/c1-11(2)19-10-14(9-18-19)17-8-13-5-3-4-12-6-7-16-15(12)13/h3-5,9-11,16-17H,6-8H2,1-2H3. The zero-order chi connectivity index (χ0) is 13.2. The van der Waals surface area contributed by atoms with E-state index in [4.69, 9.17) is 0 Å². The molecule has 0 saturated heterocycles. The second kappa shape index (κ2) is 4.96. The van der Waals surface area contributed by atoms with Crippen molar-refractivity contribution in [1.82, 2.24) is 9.78 Å². The topological polar surface area (TPSA) is 41.9 Å². The number of nitrogens with zero attached hydrogens (tertiary/aromatic N) is 2. The first-order valence-corrected chi connectivity index (χ1v) is 6.86. The Morgan fingerprint density at radius 3 is 3.11 bits per heavy atom. The van der Waals surface area contributed by atoms with Crippen LogP contribution in [0, 0.1) is 0 Å². The van der Waals surface area contributed by atoms with Gasteiger partial charge in [0.05, 0.1) is 11.9 Å². The van der Waals surface area contributed by atoms with Crippen LogP contribution in [-0.4, -0.2) is 16.3 Å². The molecule has 2 N–H and O–H groups in total. The van der Waals surface area contributed by atoms with Crippen LogP contribution in [0.25, 0.3) is 0 Å². The lowest BCUT2D eigenvalue weighted by atomic mass is 10.1. The SMILES string of the molecule is CC(C)n1cc(NCc2cccc3c2NCC3)cn1. The molecule has 0 aliphatic carbocycles. The largest absolute Gasteiger partial charge is 0.384 e. The molecule has 0 spiro atoms. The third-order valence-electron chi connectivity index (χ3n) is 3.55. The van der Waals surface area contributed by atoms with Gasteiger partial charge in [-0.25, -0.2) is 0 Å². The first-order chi connectivity index (χ1) is 9.24. The zero-order valence-electron chi connectivity index (χ0n) is 11.5. The quantitative estimate of drug-likeness (QED) is 0.883. The summed E-state index contributed by atoms with van der Waals surface area (Å²) in [7, 11) is 0. The fraction of sp³-hybridized carbons (Fsp3) is 0.400. The van der Waals surface area contributed by atoms with Crippen molar-refractivity contribution in [1.29, 1.82) is 0 Å². The number of aromatic nitrogens is 2. The van der Waals surface area contributed by atoms with E-state index in [1.165, 1.54) is 16.8 Å². The Balaban J connectivity index is 1.71. The van der Waals surface area contributed by atoms with E-state index in [-0.39, 0.29) is 0 Å². The van der Waals surface area contributed by atoms with E-state index in [1.54, 1.807) is 0 Å². The summed E-state index contributed by atoms with van der Waals surface area (Å²) < 4.78 is 1.97. The summed E-state index contributed by atoms with van der Waals surface area (Å²) in [4.78, 5) is 0. The van der Waals surface area contributed by atoms with Crippen molar-refractivity contribution in [3.8, 4) is 0 Å². The van der Waals surface area contributed by atoms with Crippen molar-refractivity contribution in [2.24, 2.45) is 0 Å². The lowest BCUT2D eigenvalue weighted by Gasteiger charge is -2.10. The minimum Gasteiger partial charge on any atom is -0.384 e. The molecule has 1 aliphatic rings. The molecule has 0 unspecified atom stereocenters. The minimum atomic E-state index is 0.401. The maximum atomic E-state index is 4.34. The second-order valence-corrected chi connectivity index (χ2v) is 5.28. The van der Waals surface area contributed by atoms with E-state index in [9.17, 15) is 0 Å². The highest BCUT2D eigenvalue weighted by atomic mass is 15.3. The predicted molar refractivity (Wildman–Crippen MR) is 78.6 cm³/mol. The molecule has 0 amide bonds. The maximum absolute atomic E-state index is 4.34. The molecule has 4 heteroatoms. The number of para-hydroxylation sites is 1.